The number of hydrogen-bond acceptors (Lipinski definition) is 2. The van der Waals surface area contributed by atoms with Gasteiger partial charge in [0.25, 0.3) is 0 Å². The molecule has 2 N–H and O–H groups in total. The Labute approximate surface area is 152 Å². The molecule has 1 aromatic heterocycles. The zero-order valence-electron chi connectivity index (χ0n) is 14.7. The molecule has 1 atom stereocenters. The van der Waals surface area contributed by atoms with Crippen LogP contribution in [0.15, 0.2) is 54.7 Å². The second-order valence-corrected chi connectivity index (χ2v) is 6.72. The highest BCUT2D eigenvalue weighted by Crippen LogP contribution is 2.31. The number of H-pyrrole nitrogens is 1. The smallest absolute Gasteiger partial charge is 0.316 e. The summed E-state index contributed by atoms with van der Waals surface area (Å²) in [5, 5.41) is 3.92. The third kappa shape index (κ3) is 2.86. The lowest BCUT2D eigenvalue weighted by Crippen LogP contribution is -2.46. The average Bonchev–Trinajstić information content (AvgIpc) is 3.21. The molecule has 2 aromatic carbocycles. The Morgan fingerprint density at radius 3 is 2.81 bits per heavy atom. The van der Waals surface area contributed by atoms with Crippen LogP contribution in [0.5, 0.6) is 0 Å². The van der Waals surface area contributed by atoms with E-state index in [-0.39, 0.29) is 6.04 Å². The number of anilines is 1. The van der Waals surface area contributed by atoms with Crippen LogP contribution in [0.1, 0.15) is 18.1 Å². The normalized spacial score (nSPS) is 15.9. The van der Waals surface area contributed by atoms with Gasteiger partial charge in [-0.2, -0.15) is 0 Å². The fraction of sp³-hybridized carbons (Fsp3) is 0.238. The number of hydrogen-bond donors (Lipinski definition) is 2. The van der Waals surface area contributed by atoms with Crippen molar-refractivity contribution in [3.05, 3.63) is 65.9 Å². The number of aromatic nitrogens is 1. The maximum absolute atomic E-state index is 12.6. The molecule has 0 spiro atoms. The first-order valence-corrected chi connectivity index (χ1v) is 8.89. The molecule has 5 heteroatoms. The molecule has 0 bridgehead atoms. The molecular formula is C21H21N3O2. The third-order valence-corrected chi connectivity index (χ3v) is 4.98. The van der Waals surface area contributed by atoms with E-state index < -0.39 is 11.8 Å². The van der Waals surface area contributed by atoms with Crippen molar-refractivity contribution in [3.63, 3.8) is 0 Å². The monoisotopic (exact) mass is 347 g/mol. The van der Waals surface area contributed by atoms with E-state index in [1.807, 2.05) is 55.6 Å². The van der Waals surface area contributed by atoms with Crippen molar-refractivity contribution in [2.45, 2.75) is 25.8 Å². The molecule has 3 aromatic rings. The van der Waals surface area contributed by atoms with Crippen molar-refractivity contribution in [2.75, 3.05) is 11.4 Å². The zero-order chi connectivity index (χ0) is 18.1. The molecule has 26 heavy (non-hydrogen) atoms. The quantitative estimate of drug-likeness (QED) is 0.716. The molecule has 1 unspecified atom stereocenters. The first-order valence-electron chi connectivity index (χ1n) is 8.89. The van der Waals surface area contributed by atoms with E-state index in [0.717, 1.165) is 34.1 Å². The van der Waals surface area contributed by atoms with Crippen molar-refractivity contribution in [1.82, 2.24) is 10.3 Å². The molecule has 4 rings (SSSR count). The summed E-state index contributed by atoms with van der Waals surface area (Å²) in [5.74, 6) is -1.03. The van der Waals surface area contributed by atoms with E-state index in [0.29, 0.717) is 13.0 Å². The summed E-state index contributed by atoms with van der Waals surface area (Å²) in [4.78, 5) is 29.8. The maximum Gasteiger partial charge on any atom is 0.316 e. The van der Waals surface area contributed by atoms with Gasteiger partial charge in [0, 0.05) is 35.4 Å². The van der Waals surface area contributed by atoms with Crippen LogP contribution in [0.25, 0.3) is 10.9 Å². The number of para-hydroxylation sites is 2. The second kappa shape index (κ2) is 6.67. The predicted molar refractivity (Wildman–Crippen MR) is 102 cm³/mol. The van der Waals surface area contributed by atoms with Gasteiger partial charge in [0.15, 0.2) is 0 Å². The molecule has 2 heterocycles. The second-order valence-electron chi connectivity index (χ2n) is 6.72. The average molecular weight is 347 g/mol. The Balaban J connectivity index is 1.40. The Bertz CT molecular complexity index is 976. The number of rotatable bonds is 3. The number of amides is 2. The summed E-state index contributed by atoms with van der Waals surface area (Å²) < 4.78 is 0. The lowest BCUT2D eigenvalue weighted by atomic mass is 10.1. The van der Waals surface area contributed by atoms with Gasteiger partial charge in [0.05, 0.1) is 0 Å². The molecular weight excluding hydrogens is 326 g/mol. The molecule has 5 nitrogen and oxygen atoms in total. The van der Waals surface area contributed by atoms with Crippen LogP contribution in [-0.4, -0.2) is 29.4 Å². The Kier molecular flexibility index (Phi) is 4.21. The summed E-state index contributed by atoms with van der Waals surface area (Å²) in [6.45, 7) is 2.40. The molecule has 132 valence electrons. The number of nitrogens with one attached hydrogen (secondary N) is 2. The number of fused-ring (bicyclic) bond motifs is 2. The fourth-order valence-corrected chi connectivity index (χ4v) is 3.71. The molecule has 0 saturated carbocycles. The van der Waals surface area contributed by atoms with Crippen LogP contribution in [-0.2, 0) is 22.4 Å². The van der Waals surface area contributed by atoms with Gasteiger partial charge in [-0.1, -0.05) is 36.4 Å². The molecule has 2 amide bonds. The summed E-state index contributed by atoms with van der Waals surface area (Å²) in [6.07, 6.45) is 3.41. The molecule has 0 radical (unpaired) electrons. The number of nitrogens with zero attached hydrogens (tertiary/aromatic N) is 1. The summed E-state index contributed by atoms with van der Waals surface area (Å²) in [7, 11) is 0. The van der Waals surface area contributed by atoms with Crippen LogP contribution in [0.3, 0.4) is 0 Å². The zero-order valence-corrected chi connectivity index (χ0v) is 14.7. The van der Waals surface area contributed by atoms with Gasteiger partial charge in [-0.25, -0.2) is 0 Å². The number of aromatic amines is 1. The summed E-state index contributed by atoms with van der Waals surface area (Å²) in [6, 6.07) is 15.8. The van der Waals surface area contributed by atoms with E-state index in [1.54, 1.807) is 4.90 Å². The first kappa shape index (κ1) is 16.4. The van der Waals surface area contributed by atoms with E-state index in [1.165, 1.54) is 0 Å². The molecule has 0 fully saturated rings. The molecule has 0 saturated heterocycles. The standard InChI is InChI=1S/C21H21N3O2/c1-14-12-15-6-2-5-9-19(15)24(14)21(26)20(25)22-11-10-16-13-23-18-8-4-3-7-17(16)18/h2-9,13-14,23H,10-12H2,1H3,(H,22,25). The summed E-state index contributed by atoms with van der Waals surface area (Å²) >= 11 is 0. The lowest BCUT2D eigenvalue weighted by Gasteiger charge is -2.21. The highest BCUT2D eigenvalue weighted by Gasteiger charge is 2.33. The largest absolute Gasteiger partial charge is 0.361 e. The molecule has 1 aliphatic rings. The van der Waals surface area contributed by atoms with E-state index in [9.17, 15) is 9.59 Å². The Hall–Kier alpha value is -3.08. The number of carbonyl (C=O) groups is 2. The Morgan fingerprint density at radius 2 is 1.92 bits per heavy atom. The lowest BCUT2D eigenvalue weighted by molar-refractivity contribution is -0.137. The first-order chi connectivity index (χ1) is 12.6. The minimum absolute atomic E-state index is 0.000678. The van der Waals surface area contributed by atoms with Crippen LogP contribution in [0, 0.1) is 0 Å². The van der Waals surface area contributed by atoms with Crippen molar-refractivity contribution < 1.29 is 9.59 Å². The Morgan fingerprint density at radius 1 is 1.15 bits per heavy atom. The van der Waals surface area contributed by atoms with E-state index in [2.05, 4.69) is 16.4 Å². The van der Waals surface area contributed by atoms with Crippen LogP contribution in [0.2, 0.25) is 0 Å². The van der Waals surface area contributed by atoms with Gasteiger partial charge in [0.1, 0.15) is 0 Å². The SMILES string of the molecule is CC1Cc2ccccc2N1C(=O)C(=O)NCCc1c[nH]c2ccccc12. The van der Waals surface area contributed by atoms with E-state index in [4.69, 9.17) is 0 Å². The van der Waals surface area contributed by atoms with Gasteiger partial charge in [-0.15, -0.1) is 0 Å². The summed E-state index contributed by atoms with van der Waals surface area (Å²) in [5.41, 5.74) is 4.16. The van der Waals surface area contributed by atoms with Crippen molar-refractivity contribution >= 4 is 28.4 Å². The van der Waals surface area contributed by atoms with Gasteiger partial charge < -0.3 is 15.2 Å². The highest BCUT2D eigenvalue weighted by molar-refractivity contribution is 6.40. The third-order valence-electron chi connectivity index (χ3n) is 4.98. The maximum atomic E-state index is 12.6. The van der Waals surface area contributed by atoms with Crippen LogP contribution >= 0.6 is 0 Å². The predicted octanol–water partition coefficient (Wildman–Crippen LogP) is 2.80. The number of benzene rings is 2. The van der Waals surface area contributed by atoms with Crippen LogP contribution in [0.4, 0.5) is 5.69 Å². The van der Waals surface area contributed by atoms with Crippen molar-refractivity contribution in [3.8, 4) is 0 Å². The fourth-order valence-electron chi connectivity index (χ4n) is 3.71. The molecule has 1 aliphatic heterocycles. The van der Waals surface area contributed by atoms with E-state index >= 15 is 0 Å². The van der Waals surface area contributed by atoms with Gasteiger partial charge in [-0.05, 0) is 43.0 Å². The van der Waals surface area contributed by atoms with Crippen LogP contribution < -0.4 is 10.2 Å². The van der Waals surface area contributed by atoms with Gasteiger partial charge in [0.2, 0.25) is 0 Å². The minimum atomic E-state index is -0.548. The van der Waals surface area contributed by atoms with Gasteiger partial charge in [-0.3, -0.25) is 9.59 Å². The van der Waals surface area contributed by atoms with Crippen molar-refractivity contribution in [1.29, 1.82) is 0 Å². The number of carbonyl (C=O) groups excluding carboxylic acids is 2. The highest BCUT2D eigenvalue weighted by atomic mass is 16.2. The molecule has 0 aliphatic carbocycles. The van der Waals surface area contributed by atoms with Gasteiger partial charge >= 0.3 is 11.8 Å². The topological polar surface area (TPSA) is 65.2 Å². The minimum Gasteiger partial charge on any atom is -0.361 e. The van der Waals surface area contributed by atoms with Crippen molar-refractivity contribution in [2.24, 2.45) is 0 Å².